The predicted octanol–water partition coefficient (Wildman–Crippen LogP) is 2.71. The molecule has 0 saturated heterocycles. The van der Waals surface area contributed by atoms with E-state index in [1.165, 1.54) is 11.1 Å². The Morgan fingerprint density at radius 1 is 1.47 bits per heavy atom. The van der Waals surface area contributed by atoms with Crippen molar-refractivity contribution in [2.45, 2.75) is 19.9 Å². The second-order valence-corrected chi connectivity index (χ2v) is 4.70. The number of aryl methyl sites for hydroxylation is 1. The highest BCUT2D eigenvalue weighted by Crippen LogP contribution is 2.27. The van der Waals surface area contributed by atoms with Crippen molar-refractivity contribution in [3.8, 4) is 0 Å². The Morgan fingerprint density at radius 2 is 2.13 bits per heavy atom. The van der Waals surface area contributed by atoms with E-state index in [0.717, 1.165) is 11.0 Å². The van der Waals surface area contributed by atoms with Gasteiger partial charge in [-0.25, -0.2) is 0 Å². The molecule has 0 amide bonds. The van der Waals surface area contributed by atoms with E-state index >= 15 is 0 Å². The molecule has 0 spiro atoms. The van der Waals surface area contributed by atoms with Gasteiger partial charge in [-0.05, 0) is 37.7 Å². The molecule has 0 bridgehead atoms. The van der Waals surface area contributed by atoms with Gasteiger partial charge in [0.25, 0.3) is 0 Å². The molecule has 1 aromatic rings. The summed E-state index contributed by atoms with van der Waals surface area (Å²) in [4.78, 5) is 2.26. The fourth-order valence-electron chi connectivity index (χ4n) is 1.67. The molecular formula is C12H19BrN2. The van der Waals surface area contributed by atoms with Crippen LogP contribution in [-0.4, -0.2) is 25.0 Å². The molecule has 3 heteroatoms. The maximum Gasteiger partial charge on any atom is 0.0478 e. The van der Waals surface area contributed by atoms with Gasteiger partial charge in [0, 0.05) is 17.1 Å². The smallest absolute Gasteiger partial charge is 0.0478 e. The highest BCUT2D eigenvalue weighted by atomic mass is 79.9. The Bertz CT molecular complexity index is 325. The van der Waals surface area contributed by atoms with Gasteiger partial charge in [0.05, 0.1) is 0 Å². The van der Waals surface area contributed by atoms with E-state index in [0.29, 0.717) is 12.6 Å². The average molecular weight is 271 g/mol. The first-order valence-corrected chi connectivity index (χ1v) is 6.05. The van der Waals surface area contributed by atoms with Gasteiger partial charge in [0.15, 0.2) is 0 Å². The summed E-state index contributed by atoms with van der Waals surface area (Å²) in [5, 5.41) is 0. The zero-order valence-corrected chi connectivity index (χ0v) is 11.2. The molecule has 0 fully saturated rings. The molecule has 15 heavy (non-hydrogen) atoms. The Hall–Kier alpha value is -0.380. The number of rotatable bonds is 4. The summed E-state index contributed by atoms with van der Waals surface area (Å²) in [5.41, 5.74) is 8.36. The average Bonchev–Trinajstić information content (AvgIpc) is 2.21. The number of benzene rings is 1. The number of hydrogen-bond donors (Lipinski definition) is 1. The third-order valence-corrected chi connectivity index (χ3v) is 3.46. The number of nitrogens with two attached hydrogens (primary N) is 1. The fraction of sp³-hybridized carbons (Fsp3) is 0.500. The van der Waals surface area contributed by atoms with Crippen molar-refractivity contribution in [1.82, 2.24) is 4.90 Å². The summed E-state index contributed by atoms with van der Waals surface area (Å²) in [7, 11) is 2.10. The number of hydrogen-bond acceptors (Lipinski definition) is 2. The highest BCUT2D eigenvalue weighted by molar-refractivity contribution is 9.10. The number of likely N-dealkylation sites (N-methyl/N-ethyl adjacent to an activating group) is 1. The quantitative estimate of drug-likeness (QED) is 0.912. The maximum atomic E-state index is 5.83. The Kier molecular flexibility index (Phi) is 4.77. The fourth-order valence-corrected chi connectivity index (χ4v) is 2.42. The molecular weight excluding hydrogens is 252 g/mol. The van der Waals surface area contributed by atoms with Gasteiger partial charge >= 0.3 is 0 Å². The zero-order valence-electron chi connectivity index (χ0n) is 9.63. The normalized spacial score (nSPS) is 13.2. The topological polar surface area (TPSA) is 29.3 Å². The molecule has 0 aromatic heterocycles. The second-order valence-electron chi connectivity index (χ2n) is 3.85. The van der Waals surface area contributed by atoms with Crippen molar-refractivity contribution in [2.75, 3.05) is 20.1 Å². The standard InChI is InChI=1S/C12H19BrN2/c1-4-15(3)12(8-14)10-6-5-9(2)7-11(10)13/h5-7,12H,4,8,14H2,1-3H3. The van der Waals surface area contributed by atoms with E-state index in [2.05, 4.69) is 59.9 Å². The maximum absolute atomic E-state index is 5.83. The van der Waals surface area contributed by atoms with E-state index in [1.54, 1.807) is 0 Å². The molecule has 0 saturated carbocycles. The van der Waals surface area contributed by atoms with E-state index in [4.69, 9.17) is 5.73 Å². The summed E-state index contributed by atoms with van der Waals surface area (Å²) < 4.78 is 1.15. The molecule has 0 heterocycles. The Labute approximate surface area is 101 Å². The Morgan fingerprint density at radius 3 is 2.60 bits per heavy atom. The molecule has 0 aliphatic rings. The van der Waals surface area contributed by atoms with Crippen LogP contribution in [0.3, 0.4) is 0 Å². The third kappa shape index (κ3) is 3.03. The third-order valence-electron chi connectivity index (χ3n) is 2.77. The van der Waals surface area contributed by atoms with E-state index in [9.17, 15) is 0 Å². The van der Waals surface area contributed by atoms with Crippen LogP contribution in [0.4, 0.5) is 0 Å². The van der Waals surface area contributed by atoms with Crippen molar-refractivity contribution in [3.05, 3.63) is 33.8 Å². The van der Waals surface area contributed by atoms with Crippen LogP contribution >= 0.6 is 15.9 Å². The van der Waals surface area contributed by atoms with Crippen LogP contribution in [-0.2, 0) is 0 Å². The monoisotopic (exact) mass is 270 g/mol. The summed E-state index contributed by atoms with van der Waals surface area (Å²) in [6, 6.07) is 6.72. The summed E-state index contributed by atoms with van der Waals surface area (Å²) >= 11 is 3.60. The van der Waals surface area contributed by atoms with Crippen LogP contribution in [0.5, 0.6) is 0 Å². The van der Waals surface area contributed by atoms with Crippen LogP contribution < -0.4 is 5.73 Å². The van der Waals surface area contributed by atoms with Crippen molar-refractivity contribution in [3.63, 3.8) is 0 Å². The highest BCUT2D eigenvalue weighted by Gasteiger charge is 2.16. The van der Waals surface area contributed by atoms with E-state index in [1.807, 2.05) is 0 Å². The SMILES string of the molecule is CCN(C)C(CN)c1ccc(C)cc1Br. The van der Waals surface area contributed by atoms with Crippen LogP contribution in [0, 0.1) is 6.92 Å². The first-order valence-electron chi connectivity index (χ1n) is 5.26. The van der Waals surface area contributed by atoms with Gasteiger partial charge in [-0.15, -0.1) is 0 Å². The van der Waals surface area contributed by atoms with Gasteiger partial charge in [-0.3, -0.25) is 4.90 Å². The molecule has 2 N–H and O–H groups in total. The Balaban J connectivity index is 3.01. The van der Waals surface area contributed by atoms with Gasteiger partial charge in [-0.1, -0.05) is 35.0 Å². The minimum Gasteiger partial charge on any atom is -0.329 e. The lowest BCUT2D eigenvalue weighted by atomic mass is 10.0. The summed E-state index contributed by atoms with van der Waals surface area (Å²) in [6.45, 7) is 5.88. The van der Waals surface area contributed by atoms with Crippen LogP contribution in [0.25, 0.3) is 0 Å². The predicted molar refractivity (Wildman–Crippen MR) is 69.0 cm³/mol. The van der Waals surface area contributed by atoms with E-state index in [-0.39, 0.29) is 0 Å². The lowest BCUT2D eigenvalue weighted by Crippen LogP contribution is -2.30. The molecule has 0 aliphatic carbocycles. The largest absolute Gasteiger partial charge is 0.329 e. The van der Waals surface area contributed by atoms with Crippen molar-refractivity contribution >= 4 is 15.9 Å². The summed E-state index contributed by atoms with van der Waals surface area (Å²) in [5.74, 6) is 0. The van der Waals surface area contributed by atoms with Gasteiger partial charge in [0.2, 0.25) is 0 Å². The molecule has 2 nitrogen and oxygen atoms in total. The van der Waals surface area contributed by atoms with Crippen LogP contribution in [0.2, 0.25) is 0 Å². The first-order chi connectivity index (χ1) is 7.10. The molecule has 1 unspecified atom stereocenters. The molecule has 1 rings (SSSR count). The molecule has 0 radical (unpaired) electrons. The number of nitrogens with zero attached hydrogens (tertiary/aromatic N) is 1. The molecule has 0 aliphatic heterocycles. The molecule has 1 atom stereocenters. The lowest BCUT2D eigenvalue weighted by Gasteiger charge is -2.27. The molecule has 84 valence electrons. The van der Waals surface area contributed by atoms with Gasteiger partial charge in [0.1, 0.15) is 0 Å². The van der Waals surface area contributed by atoms with Crippen molar-refractivity contribution in [2.24, 2.45) is 5.73 Å². The van der Waals surface area contributed by atoms with Crippen molar-refractivity contribution < 1.29 is 0 Å². The minimum absolute atomic E-state index is 0.296. The zero-order chi connectivity index (χ0) is 11.4. The minimum atomic E-state index is 0.296. The second kappa shape index (κ2) is 5.64. The van der Waals surface area contributed by atoms with E-state index < -0.39 is 0 Å². The lowest BCUT2D eigenvalue weighted by molar-refractivity contribution is 0.262. The van der Waals surface area contributed by atoms with Crippen molar-refractivity contribution in [1.29, 1.82) is 0 Å². The molecule has 1 aromatic carbocycles. The van der Waals surface area contributed by atoms with Crippen LogP contribution in [0.1, 0.15) is 24.1 Å². The number of halogens is 1. The van der Waals surface area contributed by atoms with Crippen LogP contribution in [0.15, 0.2) is 22.7 Å². The summed E-state index contributed by atoms with van der Waals surface area (Å²) in [6.07, 6.45) is 0. The van der Waals surface area contributed by atoms with Gasteiger partial charge in [-0.2, -0.15) is 0 Å². The first kappa shape index (κ1) is 12.7. The van der Waals surface area contributed by atoms with Gasteiger partial charge < -0.3 is 5.73 Å².